The number of nitrogen functional groups attached to an aromatic ring is 1. The zero-order valence-electron chi connectivity index (χ0n) is 12.9. The van der Waals surface area contributed by atoms with Crippen molar-refractivity contribution in [3.63, 3.8) is 0 Å². The number of thiazole rings is 1. The van der Waals surface area contributed by atoms with Crippen LogP contribution in [0.3, 0.4) is 0 Å². The molecule has 0 aliphatic rings. The Bertz CT molecular complexity index is 1050. The number of fused-ring (bicyclic) bond motifs is 1. The monoisotopic (exact) mass is 409 g/mol. The molecule has 0 spiro atoms. The maximum absolute atomic E-state index is 6.00. The van der Waals surface area contributed by atoms with Gasteiger partial charge in [0.1, 0.15) is 10.7 Å². The molecule has 0 aliphatic heterocycles. The van der Waals surface area contributed by atoms with Crippen molar-refractivity contribution in [2.24, 2.45) is 10.2 Å². The van der Waals surface area contributed by atoms with Gasteiger partial charge in [0, 0.05) is 38.6 Å². The van der Waals surface area contributed by atoms with E-state index < -0.39 is 0 Å². The summed E-state index contributed by atoms with van der Waals surface area (Å²) in [7, 11) is 0. The second kappa shape index (κ2) is 6.70. The summed E-state index contributed by atoms with van der Waals surface area (Å²) in [5, 5.41) is 13.5. The molecule has 122 valence electrons. The maximum atomic E-state index is 6.00. The van der Waals surface area contributed by atoms with Gasteiger partial charge in [0.2, 0.25) is 0 Å². The third-order valence-corrected chi connectivity index (χ3v) is 4.98. The van der Waals surface area contributed by atoms with Crippen LogP contribution >= 0.6 is 27.3 Å². The van der Waals surface area contributed by atoms with E-state index in [9.17, 15) is 0 Å². The molecular formula is C18H12BrN5S. The first-order valence-electron chi connectivity index (χ1n) is 7.46. The van der Waals surface area contributed by atoms with E-state index in [0.717, 1.165) is 31.5 Å². The van der Waals surface area contributed by atoms with Crippen LogP contribution in [0.25, 0.3) is 21.3 Å². The molecule has 0 aliphatic carbocycles. The number of anilines is 1. The zero-order valence-corrected chi connectivity index (χ0v) is 15.3. The average Bonchev–Trinajstić information content (AvgIpc) is 3.16. The first kappa shape index (κ1) is 15.9. The Labute approximate surface area is 156 Å². The van der Waals surface area contributed by atoms with Crippen LogP contribution in [0.4, 0.5) is 17.2 Å². The summed E-state index contributed by atoms with van der Waals surface area (Å²) < 4.78 is 0.954. The van der Waals surface area contributed by atoms with Crippen LogP contribution < -0.4 is 5.73 Å². The van der Waals surface area contributed by atoms with Gasteiger partial charge in [-0.3, -0.25) is 0 Å². The summed E-state index contributed by atoms with van der Waals surface area (Å²) in [4.78, 5) is 8.50. The quantitative estimate of drug-likeness (QED) is 0.414. The number of pyridine rings is 1. The molecule has 5 nitrogen and oxygen atoms in total. The molecule has 0 saturated carbocycles. The first-order chi connectivity index (χ1) is 12.2. The number of hydrogen-bond donors (Lipinski definition) is 1. The highest BCUT2D eigenvalue weighted by Gasteiger charge is 2.07. The summed E-state index contributed by atoms with van der Waals surface area (Å²) in [5.74, 6) is 0.355. The van der Waals surface area contributed by atoms with Gasteiger partial charge in [-0.2, -0.15) is 5.11 Å². The standard InChI is InChI=1S/C18H12BrN5S/c19-13-4-1-12-10-22-17(20)16(15(12)9-13)24-23-14-5-2-11(3-6-14)18-21-7-8-25-18/h1-10H,(H2,20,22). The predicted molar refractivity (Wildman–Crippen MR) is 106 cm³/mol. The van der Waals surface area contributed by atoms with Crippen LogP contribution in [0.2, 0.25) is 0 Å². The third kappa shape index (κ3) is 3.29. The topological polar surface area (TPSA) is 76.5 Å². The average molecular weight is 410 g/mol. The lowest BCUT2D eigenvalue weighted by Gasteiger charge is -2.04. The minimum absolute atomic E-state index is 0.355. The smallest absolute Gasteiger partial charge is 0.151 e. The van der Waals surface area contributed by atoms with Gasteiger partial charge < -0.3 is 5.73 Å². The fraction of sp³-hybridized carbons (Fsp3) is 0. The van der Waals surface area contributed by atoms with Crippen LogP contribution in [0.5, 0.6) is 0 Å². The predicted octanol–water partition coefficient (Wildman–Crippen LogP) is 6.12. The minimum atomic E-state index is 0.355. The van der Waals surface area contributed by atoms with Gasteiger partial charge in [0.25, 0.3) is 0 Å². The molecule has 0 radical (unpaired) electrons. The summed E-state index contributed by atoms with van der Waals surface area (Å²) in [6, 6.07) is 13.7. The largest absolute Gasteiger partial charge is 0.382 e. The molecule has 4 rings (SSSR count). The number of rotatable bonds is 3. The number of aromatic nitrogens is 2. The normalized spacial score (nSPS) is 11.4. The van der Waals surface area contributed by atoms with Crippen molar-refractivity contribution in [3.05, 3.63) is 64.7 Å². The molecule has 0 fully saturated rings. The van der Waals surface area contributed by atoms with E-state index in [0.29, 0.717) is 11.5 Å². The molecule has 0 unspecified atom stereocenters. The summed E-state index contributed by atoms with van der Waals surface area (Å²) >= 11 is 5.08. The molecule has 2 N–H and O–H groups in total. The Morgan fingerprint density at radius 1 is 1.00 bits per heavy atom. The molecule has 2 heterocycles. The number of benzene rings is 2. The molecule has 4 aromatic rings. The molecule has 0 saturated heterocycles. The molecule has 0 amide bonds. The summed E-state index contributed by atoms with van der Waals surface area (Å²) in [6.07, 6.45) is 3.53. The van der Waals surface area contributed by atoms with Gasteiger partial charge in [0.15, 0.2) is 5.82 Å². The van der Waals surface area contributed by atoms with E-state index in [1.807, 2.05) is 47.8 Å². The van der Waals surface area contributed by atoms with E-state index in [-0.39, 0.29) is 0 Å². The number of nitrogens with two attached hydrogens (primary N) is 1. The second-order valence-corrected chi connectivity index (χ2v) is 7.12. The van der Waals surface area contributed by atoms with Crippen LogP contribution in [0, 0.1) is 0 Å². The molecule has 25 heavy (non-hydrogen) atoms. The highest BCUT2D eigenvalue weighted by atomic mass is 79.9. The van der Waals surface area contributed by atoms with Crippen molar-refractivity contribution < 1.29 is 0 Å². The third-order valence-electron chi connectivity index (χ3n) is 3.67. The highest BCUT2D eigenvalue weighted by Crippen LogP contribution is 2.33. The van der Waals surface area contributed by atoms with Crippen LogP contribution in [0.15, 0.2) is 74.9 Å². The Morgan fingerprint density at radius 2 is 1.84 bits per heavy atom. The zero-order chi connectivity index (χ0) is 17.2. The van der Waals surface area contributed by atoms with E-state index in [1.54, 1.807) is 23.7 Å². The van der Waals surface area contributed by atoms with Crippen LogP contribution in [-0.2, 0) is 0 Å². The van der Waals surface area contributed by atoms with Gasteiger partial charge in [-0.15, -0.1) is 16.5 Å². The number of hydrogen-bond acceptors (Lipinski definition) is 6. The Morgan fingerprint density at radius 3 is 2.60 bits per heavy atom. The Kier molecular flexibility index (Phi) is 4.25. The lowest BCUT2D eigenvalue weighted by atomic mass is 10.1. The van der Waals surface area contributed by atoms with Gasteiger partial charge in [0.05, 0.1) is 5.69 Å². The van der Waals surface area contributed by atoms with Gasteiger partial charge in [-0.1, -0.05) is 22.0 Å². The number of halogens is 1. The first-order valence-corrected chi connectivity index (χ1v) is 9.13. The highest BCUT2D eigenvalue weighted by molar-refractivity contribution is 9.10. The summed E-state index contributed by atoms with van der Waals surface area (Å²) in [6.45, 7) is 0. The van der Waals surface area contributed by atoms with E-state index in [4.69, 9.17) is 5.73 Å². The minimum Gasteiger partial charge on any atom is -0.382 e. The lowest BCUT2D eigenvalue weighted by Crippen LogP contribution is -1.90. The molecule has 2 aromatic heterocycles. The molecule has 0 atom stereocenters. The van der Waals surface area contributed by atoms with Gasteiger partial charge in [-0.05, 0) is 36.4 Å². The fourth-order valence-corrected chi connectivity index (χ4v) is 3.44. The lowest BCUT2D eigenvalue weighted by molar-refractivity contribution is 1.22. The van der Waals surface area contributed by atoms with Crippen molar-refractivity contribution in [2.45, 2.75) is 0 Å². The van der Waals surface area contributed by atoms with Crippen molar-refractivity contribution in [1.29, 1.82) is 0 Å². The maximum Gasteiger partial charge on any atom is 0.151 e. The van der Waals surface area contributed by atoms with Crippen molar-refractivity contribution in [2.75, 3.05) is 5.73 Å². The van der Waals surface area contributed by atoms with E-state index >= 15 is 0 Å². The van der Waals surface area contributed by atoms with Crippen molar-refractivity contribution >= 4 is 55.2 Å². The Hall–Kier alpha value is -2.64. The van der Waals surface area contributed by atoms with Gasteiger partial charge in [-0.25, -0.2) is 9.97 Å². The van der Waals surface area contributed by atoms with E-state index in [2.05, 4.69) is 36.1 Å². The van der Waals surface area contributed by atoms with Crippen molar-refractivity contribution in [1.82, 2.24) is 9.97 Å². The van der Waals surface area contributed by atoms with Crippen molar-refractivity contribution in [3.8, 4) is 10.6 Å². The molecule has 2 aromatic carbocycles. The SMILES string of the molecule is Nc1ncc2ccc(Br)cc2c1N=Nc1ccc(-c2nccs2)cc1. The van der Waals surface area contributed by atoms with E-state index in [1.165, 1.54) is 0 Å². The molecule has 0 bridgehead atoms. The number of nitrogens with zero attached hydrogens (tertiary/aromatic N) is 4. The fourth-order valence-electron chi connectivity index (χ4n) is 2.43. The molecule has 7 heteroatoms. The second-order valence-electron chi connectivity index (χ2n) is 5.31. The number of azo groups is 1. The van der Waals surface area contributed by atoms with Gasteiger partial charge >= 0.3 is 0 Å². The van der Waals surface area contributed by atoms with Crippen LogP contribution in [-0.4, -0.2) is 9.97 Å². The van der Waals surface area contributed by atoms with Crippen LogP contribution in [0.1, 0.15) is 0 Å². The molecular weight excluding hydrogens is 398 g/mol. The Balaban J connectivity index is 1.69. The summed E-state index contributed by atoms with van der Waals surface area (Å²) in [5.41, 5.74) is 8.38.